The van der Waals surface area contributed by atoms with Crippen LogP contribution in [-0.2, 0) is 20.3 Å². The summed E-state index contributed by atoms with van der Waals surface area (Å²) in [6, 6.07) is 31.5. The molecule has 1 fully saturated rings. The Bertz CT molecular complexity index is 1490. The molecule has 0 N–H and O–H groups in total. The van der Waals surface area contributed by atoms with Gasteiger partial charge in [-0.15, -0.1) is 0 Å². The van der Waals surface area contributed by atoms with Gasteiger partial charge in [-0.05, 0) is 0 Å². The van der Waals surface area contributed by atoms with Gasteiger partial charge in [-0.1, -0.05) is 0 Å². The van der Waals surface area contributed by atoms with E-state index in [1.54, 1.807) is 22.3 Å². The molecule has 3 heteroatoms. The third-order valence-electron chi connectivity index (χ3n) is 9.39. The first-order valence-corrected chi connectivity index (χ1v) is 20.1. The number of hydrogen-bond acceptors (Lipinski definition) is 0. The van der Waals surface area contributed by atoms with Gasteiger partial charge in [0.15, 0.2) is 0 Å². The maximum absolute atomic E-state index is 2.65. The maximum Gasteiger partial charge on any atom is -1.00 e. The summed E-state index contributed by atoms with van der Waals surface area (Å²) in [6.45, 7) is 9.61. The summed E-state index contributed by atoms with van der Waals surface area (Å²) >= 11 is -2.65. The molecule has 0 nitrogen and oxygen atoms in total. The van der Waals surface area contributed by atoms with E-state index in [1.165, 1.54) is 52.8 Å². The molecule has 4 aromatic rings. The molecule has 0 amide bonds. The van der Waals surface area contributed by atoms with Gasteiger partial charge in [-0.3, -0.25) is 0 Å². The summed E-state index contributed by atoms with van der Waals surface area (Å²) in [5.41, 5.74) is 18.1. The SMILES string of the molecule is CC1=Cc2c(-c3ccccc3)ccc(C)c2[CH]1[Zr+2]1([CH]2C(C)=Cc3c(-c4ccccc4)ccc(C)c32)[CH2][CH2]1.[Cl-].[Cl-]. The first-order valence-electron chi connectivity index (χ1n) is 13.7. The molecule has 0 spiro atoms. The Morgan fingerprint density at radius 2 is 0.897 bits per heavy atom. The van der Waals surface area contributed by atoms with Crippen LogP contribution in [0, 0.1) is 13.8 Å². The average Bonchev–Trinajstić information content (AvgIpc) is 3.48. The van der Waals surface area contributed by atoms with Crippen molar-refractivity contribution in [3.63, 3.8) is 0 Å². The predicted molar refractivity (Wildman–Crippen MR) is 156 cm³/mol. The van der Waals surface area contributed by atoms with Gasteiger partial charge in [0.2, 0.25) is 0 Å². The number of hydrogen-bond donors (Lipinski definition) is 0. The summed E-state index contributed by atoms with van der Waals surface area (Å²) < 4.78 is 4.38. The molecule has 1 aliphatic heterocycles. The van der Waals surface area contributed by atoms with E-state index in [0.717, 1.165) is 0 Å². The van der Waals surface area contributed by atoms with Crippen LogP contribution in [0.5, 0.6) is 0 Å². The number of allylic oxidation sites excluding steroid dienone is 2. The summed E-state index contributed by atoms with van der Waals surface area (Å²) in [6.07, 6.45) is 5.13. The van der Waals surface area contributed by atoms with Crippen molar-refractivity contribution in [1.82, 2.24) is 0 Å². The van der Waals surface area contributed by atoms with Gasteiger partial charge < -0.3 is 24.8 Å². The molecule has 0 bridgehead atoms. The molecule has 196 valence electrons. The summed E-state index contributed by atoms with van der Waals surface area (Å²) in [4.78, 5) is 0. The van der Waals surface area contributed by atoms with Crippen LogP contribution >= 0.6 is 0 Å². The number of fused-ring (bicyclic) bond motifs is 2. The molecular weight excluding hydrogens is 595 g/mol. The fraction of sp³-hybridized carbons (Fsp3) is 0.222. The van der Waals surface area contributed by atoms with E-state index >= 15 is 0 Å². The van der Waals surface area contributed by atoms with Crippen LogP contribution in [0.4, 0.5) is 0 Å². The van der Waals surface area contributed by atoms with Gasteiger partial charge in [-0.25, -0.2) is 0 Å². The molecule has 39 heavy (non-hydrogen) atoms. The minimum absolute atomic E-state index is 0. The Morgan fingerprint density at radius 3 is 1.26 bits per heavy atom. The van der Waals surface area contributed by atoms with Crippen molar-refractivity contribution in [1.29, 1.82) is 0 Å². The minimum atomic E-state index is -2.65. The van der Waals surface area contributed by atoms with E-state index in [0.29, 0.717) is 7.25 Å². The van der Waals surface area contributed by atoms with Crippen molar-refractivity contribution in [2.45, 2.75) is 43.2 Å². The fourth-order valence-corrected chi connectivity index (χ4v) is 25.9. The number of halogens is 2. The van der Waals surface area contributed by atoms with Crippen molar-refractivity contribution < 1.29 is 45.1 Å². The molecule has 0 saturated carbocycles. The summed E-state index contributed by atoms with van der Waals surface area (Å²) in [5, 5.41) is 0. The average molecular weight is 629 g/mol. The molecule has 3 aliphatic rings. The van der Waals surface area contributed by atoms with Crippen LogP contribution in [0.1, 0.15) is 54.5 Å². The molecule has 1 saturated heterocycles. The molecule has 2 unspecified atom stereocenters. The normalized spacial score (nSPS) is 18.9. The van der Waals surface area contributed by atoms with Gasteiger partial charge in [0.25, 0.3) is 0 Å². The standard InChI is InChI=1S/2C17H15.C2H4.2ClH.Zr/c2*1-12-10-16-13(2)8-9-15(17(16)11-12)14-6-4-3-5-7-14;1-2;;;/h2*3-11H,1-2H3;1-2H2;2*1H;/q;;;;;+2/p-2. The van der Waals surface area contributed by atoms with Gasteiger partial charge >= 0.3 is 227 Å². The second kappa shape index (κ2) is 10.7. The second-order valence-corrected chi connectivity index (χ2v) is 23.0. The van der Waals surface area contributed by atoms with E-state index in [4.69, 9.17) is 0 Å². The molecule has 2 aliphatic carbocycles. The van der Waals surface area contributed by atoms with Gasteiger partial charge in [0.05, 0.1) is 0 Å². The van der Waals surface area contributed by atoms with E-state index in [1.807, 2.05) is 0 Å². The molecule has 1 heterocycles. The fourth-order valence-electron chi connectivity index (χ4n) is 7.75. The number of rotatable bonds is 4. The number of benzene rings is 4. The number of aryl methyl sites for hydroxylation is 2. The topological polar surface area (TPSA) is 0 Å². The third-order valence-corrected chi connectivity index (χ3v) is 22.8. The smallest absolute Gasteiger partial charge is 1.00 e. The van der Waals surface area contributed by atoms with Crippen LogP contribution in [0.2, 0.25) is 8.26 Å². The van der Waals surface area contributed by atoms with E-state index in [2.05, 4.69) is 125 Å². The molecular formula is C36H34Cl2Zr. The Balaban J connectivity index is 0.00000154. The van der Waals surface area contributed by atoms with Crippen LogP contribution in [0.15, 0.2) is 96.1 Å². The monoisotopic (exact) mass is 626 g/mol. The maximum atomic E-state index is 2.56. The zero-order valence-electron chi connectivity index (χ0n) is 23.1. The Morgan fingerprint density at radius 1 is 0.513 bits per heavy atom. The molecule has 7 rings (SSSR count). The van der Waals surface area contributed by atoms with E-state index in [-0.39, 0.29) is 24.8 Å². The Labute approximate surface area is 250 Å². The van der Waals surface area contributed by atoms with Crippen LogP contribution in [-0.4, -0.2) is 0 Å². The van der Waals surface area contributed by atoms with E-state index < -0.39 is 20.3 Å². The molecule has 0 radical (unpaired) electrons. The first kappa shape index (κ1) is 28.4. The third kappa shape index (κ3) is 4.37. The Kier molecular flexibility index (Phi) is 7.75. The zero-order valence-corrected chi connectivity index (χ0v) is 27.0. The molecule has 0 aromatic heterocycles. The quantitative estimate of drug-likeness (QED) is 0.317. The van der Waals surface area contributed by atoms with Crippen molar-refractivity contribution in [3.05, 3.63) is 129 Å². The van der Waals surface area contributed by atoms with Crippen molar-refractivity contribution in [2.75, 3.05) is 0 Å². The van der Waals surface area contributed by atoms with Crippen LogP contribution < -0.4 is 24.8 Å². The van der Waals surface area contributed by atoms with Crippen LogP contribution in [0.25, 0.3) is 34.4 Å². The van der Waals surface area contributed by atoms with E-state index in [9.17, 15) is 0 Å². The van der Waals surface area contributed by atoms with Gasteiger partial charge in [0.1, 0.15) is 0 Å². The second-order valence-electron chi connectivity index (χ2n) is 11.6. The first-order chi connectivity index (χ1) is 18.0. The zero-order chi connectivity index (χ0) is 25.3. The van der Waals surface area contributed by atoms with Crippen molar-refractivity contribution in [2.24, 2.45) is 0 Å². The Hall–Kier alpha value is -2.18. The van der Waals surface area contributed by atoms with Crippen molar-refractivity contribution in [3.8, 4) is 22.3 Å². The molecule has 4 aromatic carbocycles. The van der Waals surface area contributed by atoms with Gasteiger partial charge in [0, 0.05) is 0 Å². The van der Waals surface area contributed by atoms with Gasteiger partial charge in [-0.2, -0.15) is 0 Å². The minimum Gasteiger partial charge on any atom is -1.00 e. The molecule has 2 atom stereocenters. The summed E-state index contributed by atoms with van der Waals surface area (Å²) in [5.74, 6) is 0. The largest absolute Gasteiger partial charge is 1.00 e. The van der Waals surface area contributed by atoms with Crippen molar-refractivity contribution >= 4 is 12.2 Å². The summed E-state index contributed by atoms with van der Waals surface area (Å²) in [7, 11) is 0. The predicted octanol–water partition coefficient (Wildman–Crippen LogP) is 4.27. The van der Waals surface area contributed by atoms with Crippen LogP contribution in [0.3, 0.4) is 0 Å².